The molecule has 1 aliphatic heterocycles. The number of carbonyl (C=O) groups is 1. The van der Waals surface area contributed by atoms with Gasteiger partial charge in [-0.25, -0.2) is 14.8 Å². The fraction of sp³-hybridized carbons (Fsp3) is 0.480. The number of carbonyl (C=O) groups excluding carboxylic acids is 1. The maximum Gasteiger partial charge on any atom is 0.410 e. The lowest BCUT2D eigenvalue weighted by Crippen LogP contribution is -2.42. The minimum Gasteiger partial charge on any atom is -0.475 e. The molecule has 0 spiro atoms. The molecule has 170 valence electrons. The second-order valence-electron chi connectivity index (χ2n) is 9.44. The number of ether oxygens (including phenoxy) is 2. The zero-order valence-electron chi connectivity index (χ0n) is 19.6. The zero-order chi connectivity index (χ0) is 22.9. The Balaban J connectivity index is 1.55. The van der Waals surface area contributed by atoms with Crippen molar-refractivity contribution in [1.29, 1.82) is 0 Å². The van der Waals surface area contributed by atoms with Crippen LogP contribution in [0.25, 0.3) is 11.0 Å². The van der Waals surface area contributed by atoms with E-state index in [4.69, 9.17) is 9.47 Å². The highest BCUT2D eigenvalue weighted by molar-refractivity contribution is 5.86. The number of hydrogen-bond acceptors (Lipinski definition) is 5. The molecule has 1 unspecified atom stereocenters. The molecule has 7 nitrogen and oxygen atoms in total. The van der Waals surface area contributed by atoms with Gasteiger partial charge in [0.2, 0.25) is 5.88 Å². The Hall–Kier alpha value is -3.09. The van der Waals surface area contributed by atoms with Gasteiger partial charge in [-0.05, 0) is 58.6 Å². The van der Waals surface area contributed by atoms with E-state index in [-0.39, 0.29) is 12.1 Å². The summed E-state index contributed by atoms with van der Waals surface area (Å²) in [7, 11) is 0. The van der Waals surface area contributed by atoms with Gasteiger partial charge < -0.3 is 18.9 Å². The molecule has 3 heterocycles. The first-order chi connectivity index (χ1) is 15.2. The minimum atomic E-state index is -0.514. The van der Waals surface area contributed by atoms with Gasteiger partial charge in [0.25, 0.3) is 0 Å². The lowest BCUT2D eigenvalue weighted by molar-refractivity contribution is 0.0186. The number of nitrogens with zero attached hydrogens (tertiary/aromatic N) is 4. The van der Waals surface area contributed by atoms with Crippen LogP contribution in [0.4, 0.5) is 4.79 Å². The first kappa shape index (κ1) is 22.1. The van der Waals surface area contributed by atoms with Crippen molar-refractivity contribution in [3.05, 3.63) is 53.5 Å². The number of likely N-dealkylation sites (tertiary alicyclic amines) is 1. The summed E-state index contributed by atoms with van der Waals surface area (Å²) in [6.45, 7) is 11.6. The molecule has 0 N–H and O–H groups in total. The standard InChI is InChI=1S/C25H32N4O3/c1-17-18(2)29(14-19-10-7-6-8-11-19)22-21(17)23(27-16-26-22)31-15-20-12-9-13-28(20)24(30)32-25(3,4)5/h6-8,10-11,16,20H,9,12-15H2,1-5H3. The highest BCUT2D eigenvalue weighted by Gasteiger charge is 2.33. The van der Waals surface area contributed by atoms with Gasteiger partial charge in [-0.2, -0.15) is 0 Å². The Bertz CT molecular complexity index is 1100. The summed E-state index contributed by atoms with van der Waals surface area (Å²) in [5.41, 5.74) is 3.82. The number of aromatic nitrogens is 3. The maximum atomic E-state index is 12.6. The second kappa shape index (κ2) is 8.81. The van der Waals surface area contributed by atoms with Gasteiger partial charge in [-0.3, -0.25) is 0 Å². The van der Waals surface area contributed by atoms with Gasteiger partial charge in [-0.15, -0.1) is 0 Å². The van der Waals surface area contributed by atoms with Gasteiger partial charge in [0, 0.05) is 18.8 Å². The molecule has 3 aromatic rings. The van der Waals surface area contributed by atoms with E-state index in [1.165, 1.54) is 5.56 Å². The van der Waals surface area contributed by atoms with E-state index in [9.17, 15) is 4.79 Å². The second-order valence-corrected chi connectivity index (χ2v) is 9.44. The lowest BCUT2D eigenvalue weighted by Gasteiger charge is -2.28. The van der Waals surface area contributed by atoms with E-state index in [1.807, 2.05) is 39.0 Å². The van der Waals surface area contributed by atoms with Crippen LogP contribution in [-0.4, -0.2) is 50.3 Å². The third kappa shape index (κ3) is 4.56. The van der Waals surface area contributed by atoms with Crippen LogP contribution in [0.1, 0.15) is 50.4 Å². The van der Waals surface area contributed by atoms with Gasteiger partial charge in [-0.1, -0.05) is 30.3 Å². The fourth-order valence-corrected chi connectivity index (χ4v) is 4.25. The topological polar surface area (TPSA) is 69.5 Å². The summed E-state index contributed by atoms with van der Waals surface area (Å²) in [5, 5.41) is 0.933. The molecule has 0 radical (unpaired) electrons. The molecule has 1 aliphatic rings. The number of fused-ring (bicyclic) bond motifs is 1. The molecule has 4 rings (SSSR count). The van der Waals surface area contributed by atoms with Crippen LogP contribution in [0.15, 0.2) is 36.7 Å². The SMILES string of the molecule is Cc1c(C)n(Cc2ccccc2)c2ncnc(OCC3CCCN3C(=O)OC(C)(C)C)c12. The summed E-state index contributed by atoms with van der Waals surface area (Å²) in [5.74, 6) is 0.568. The van der Waals surface area contributed by atoms with Crippen LogP contribution >= 0.6 is 0 Å². The number of aryl methyl sites for hydroxylation is 1. The number of rotatable bonds is 5. The quantitative estimate of drug-likeness (QED) is 0.570. The molecule has 1 atom stereocenters. The van der Waals surface area contributed by atoms with E-state index in [0.29, 0.717) is 19.0 Å². The Morgan fingerprint density at radius 3 is 2.62 bits per heavy atom. The maximum absolute atomic E-state index is 12.6. The van der Waals surface area contributed by atoms with Gasteiger partial charge in [0.1, 0.15) is 24.2 Å². The highest BCUT2D eigenvalue weighted by atomic mass is 16.6. The number of amides is 1. The molecule has 1 aromatic carbocycles. The van der Waals surface area contributed by atoms with E-state index < -0.39 is 5.60 Å². The molecule has 7 heteroatoms. The van der Waals surface area contributed by atoms with E-state index >= 15 is 0 Å². The predicted octanol–water partition coefficient (Wildman–Crippen LogP) is 4.87. The number of benzene rings is 1. The highest BCUT2D eigenvalue weighted by Crippen LogP contribution is 2.31. The zero-order valence-corrected chi connectivity index (χ0v) is 19.6. The average molecular weight is 437 g/mol. The van der Waals surface area contributed by atoms with Crippen molar-refractivity contribution in [2.45, 2.75) is 65.6 Å². The minimum absolute atomic E-state index is 0.0253. The van der Waals surface area contributed by atoms with Crippen LogP contribution in [0.2, 0.25) is 0 Å². The Morgan fingerprint density at radius 2 is 1.91 bits per heavy atom. The molecule has 2 aromatic heterocycles. The van der Waals surface area contributed by atoms with Crippen LogP contribution < -0.4 is 4.74 Å². The Morgan fingerprint density at radius 1 is 1.16 bits per heavy atom. The summed E-state index contributed by atoms with van der Waals surface area (Å²) in [6, 6.07) is 10.3. The fourth-order valence-electron chi connectivity index (χ4n) is 4.25. The van der Waals surface area contributed by atoms with Crippen molar-refractivity contribution >= 4 is 17.1 Å². The Kier molecular flexibility index (Phi) is 6.09. The molecule has 1 amide bonds. The molecule has 0 saturated carbocycles. The first-order valence-electron chi connectivity index (χ1n) is 11.2. The third-order valence-corrected chi connectivity index (χ3v) is 5.97. The Labute approximate surface area is 189 Å². The summed E-state index contributed by atoms with van der Waals surface area (Å²) in [4.78, 5) is 23.4. The van der Waals surface area contributed by atoms with Crippen molar-refractivity contribution < 1.29 is 14.3 Å². The van der Waals surface area contributed by atoms with Gasteiger partial charge in [0.05, 0.1) is 11.4 Å². The molecule has 0 bridgehead atoms. The molecule has 0 aliphatic carbocycles. The normalized spacial score (nSPS) is 16.5. The van der Waals surface area contributed by atoms with Crippen molar-refractivity contribution in [2.75, 3.05) is 13.2 Å². The number of hydrogen-bond donors (Lipinski definition) is 0. The molecule has 1 saturated heterocycles. The monoisotopic (exact) mass is 436 g/mol. The summed E-state index contributed by atoms with van der Waals surface area (Å²) < 4.78 is 14.0. The third-order valence-electron chi connectivity index (χ3n) is 5.97. The van der Waals surface area contributed by atoms with Crippen LogP contribution in [0.5, 0.6) is 5.88 Å². The van der Waals surface area contributed by atoms with Gasteiger partial charge in [0.15, 0.2) is 0 Å². The summed E-state index contributed by atoms with van der Waals surface area (Å²) in [6.07, 6.45) is 3.11. The predicted molar refractivity (Wildman–Crippen MR) is 124 cm³/mol. The van der Waals surface area contributed by atoms with Crippen LogP contribution in [0.3, 0.4) is 0 Å². The van der Waals surface area contributed by atoms with Crippen LogP contribution in [0, 0.1) is 13.8 Å². The van der Waals surface area contributed by atoms with E-state index in [0.717, 1.165) is 41.7 Å². The van der Waals surface area contributed by atoms with Crippen molar-refractivity contribution in [2.24, 2.45) is 0 Å². The summed E-state index contributed by atoms with van der Waals surface area (Å²) >= 11 is 0. The largest absolute Gasteiger partial charge is 0.475 e. The van der Waals surface area contributed by atoms with Crippen molar-refractivity contribution in [3.63, 3.8) is 0 Å². The van der Waals surface area contributed by atoms with Crippen LogP contribution in [-0.2, 0) is 11.3 Å². The van der Waals surface area contributed by atoms with Gasteiger partial charge >= 0.3 is 6.09 Å². The van der Waals surface area contributed by atoms with E-state index in [2.05, 4.69) is 40.5 Å². The average Bonchev–Trinajstić information content (AvgIpc) is 3.31. The van der Waals surface area contributed by atoms with E-state index in [1.54, 1.807) is 11.2 Å². The smallest absolute Gasteiger partial charge is 0.410 e. The molecular weight excluding hydrogens is 404 g/mol. The lowest BCUT2D eigenvalue weighted by atomic mass is 10.2. The molecule has 1 fully saturated rings. The van der Waals surface area contributed by atoms with Crippen molar-refractivity contribution in [1.82, 2.24) is 19.4 Å². The first-order valence-corrected chi connectivity index (χ1v) is 11.2. The van der Waals surface area contributed by atoms with Crippen molar-refractivity contribution in [3.8, 4) is 5.88 Å². The molecule has 32 heavy (non-hydrogen) atoms. The molecular formula is C25H32N4O3.